The van der Waals surface area contributed by atoms with Crippen LogP contribution >= 0.6 is 11.3 Å². The molecule has 0 spiro atoms. The summed E-state index contributed by atoms with van der Waals surface area (Å²) < 4.78 is 6.13. The Morgan fingerprint density at radius 3 is 2.60 bits per heavy atom. The standard InChI is InChI=1S/C17H29NOS/c1-13-7-5-6-8-16(13)19-12-15-10-9-14(20-15)11-18-17(2,3)4/h9-10,13,16,18H,5-8,11-12H2,1-4H3. The van der Waals surface area contributed by atoms with Crippen LogP contribution in [0.3, 0.4) is 0 Å². The zero-order valence-electron chi connectivity index (χ0n) is 13.4. The van der Waals surface area contributed by atoms with Crippen LogP contribution in [-0.2, 0) is 17.9 Å². The molecule has 1 heterocycles. The van der Waals surface area contributed by atoms with E-state index >= 15 is 0 Å². The quantitative estimate of drug-likeness (QED) is 0.848. The van der Waals surface area contributed by atoms with Crippen molar-refractivity contribution in [3.05, 3.63) is 21.9 Å². The smallest absolute Gasteiger partial charge is 0.0813 e. The second kappa shape index (κ2) is 7.06. The Balaban J connectivity index is 1.77. The predicted molar refractivity (Wildman–Crippen MR) is 87.1 cm³/mol. The monoisotopic (exact) mass is 295 g/mol. The topological polar surface area (TPSA) is 21.3 Å². The molecule has 2 unspecified atom stereocenters. The molecule has 0 bridgehead atoms. The third-order valence-electron chi connectivity index (χ3n) is 3.98. The number of rotatable bonds is 5. The van der Waals surface area contributed by atoms with Gasteiger partial charge in [0.25, 0.3) is 0 Å². The Bertz CT molecular complexity index is 407. The molecule has 114 valence electrons. The Kier molecular flexibility index (Phi) is 5.65. The van der Waals surface area contributed by atoms with Crippen LogP contribution in [0.15, 0.2) is 12.1 Å². The molecule has 20 heavy (non-hydrogen) atoms. The maximum atomic E-state index is 6.13. The molecule has 1 saturated carbocycles. The second-order valence-electron chi connectivity index (χ2n) is 7.08. The van der Waals surface area contributed by atoms with E-state index in [1.165, 1.54) is 35.4 Å². The van der Waals surface area contributed by atoms with Crippen LogP contribution < -0.4 is 5.32 Å². The zero-order valence-corrected chi connectivity index (χ0v) is 14.2. The fourth-order valence-corrected chi connectivity index (χ4v) is 3.55. The summed E-state index contributed by atoms with van der Waals surface area (Å²) in [4.78, 5) is 2.75. The summed E-state index contributed by atoms with van der Waals surface area (Å²) in [7, 11) is 0. The summed E-state index contributed by atoms with van der Waals surface area (Å²) in [5.41, 5.74) is 0.179. The number of hydrogen-bond donors (Lipinski definition) is 1. The highest BCUT2D eigenvalue weighted by Crippen LogP contribution is 2.28. The van der Waals surface area contributed by atoms with Crippen LogP contribution in [0.5, 0.6) is 0 Å². The molecule has 1 aromatic rings. The second-order valence-corrected chi connectivity index (χ2v) is 8.34. The SMILES string of the molecule is CC1CCCCC1OCc1ccc(CNC(C)(C)C)s1. The van der Waals surface area contributed by atoms with Gasteiger partial charge in [0.05, 0.1) is 12.7 Å². The molecule has 2 atom stereocenters. The minimum Gasteiger partial charge on any atom is -0.372 e. The van der Waals surface area contributed by atoms with Crippen molar-refractivity contribution in [2.75, 3.05) is 0 Å². The maximum Gasteiger partial charge on any atom is 0.0813 e. The van der Waals surface area contributed by atoms with E-state index in [1.54, 1.807) is 0 Å². The molecule has 0 aliphatic heterocycles. The fraction of sp³-hybridized carbons (Fsp3) is 0.765. The first-order chi connectivity index (χ1) is 9.44. The summed E-state index contributed by atoms with van der Waals surface area (Å²) in [5.74, 6) is 0.728. The lowest BCUT2D eigenvalue weighted by Crippen LogP contribution is -2.34. The Labute approximate surface area is 127 Å². The van der Waals surface area contributed by atoms with Crippen molar-refractivity contribution in [1.82, 2.24) is 5.32 Å². The van der Waals surface area contributed by atoms with Gasteiger partial charge in [0.1, 0.15) is 0 Å². The van der Waals surface area contributed by atoms with Gasteiger partial charge in [-0.1, -0.05) is 19.8 Å². The van der Waals surface area contributed by atoms with Gasteiger partial charge >= 0.3 is 0 Å². The van der Waals surface area contributed by atoms with E-state index in [2.05, 4.69) is 45.1 Å². The van der Waals surface area contributed by atoms with Crippen molar-refractivity contribution in [3.8, 4) is 0 Å². The van der Waals surface area contributed by atoms with Crippen molar-refractivity contribution in [2.24, 2.45) is 5.92 Å². The molecule has 2 rings (SSSR count). The van der Waals surface area contributed by atoms with Crippen LogP contribution in [0.4, 0.5) is 0 Å². The van der Waals surface area contributed by atoms with E-state index in [9.17, 15) is 0 Å². The lowest BCUT2D eigenvalue weighted by molar-refractivity contribution is -0.0143. The third kappa shape index (κ3) is 5.19. The highest BCUT2D eigenvalue weighted by molar-refractivity contribution is 7.11. The third-order valence-corrected chi connectivity index (χ3v) is 5.04. The van der Waals surface area contributed by atoms with Crippen LogP contribution in [-0.4, -0.2) is 11.6 Å². The van der Waals surface area contributed by atoms with E-state index in [-0.39, 0.29) is 5.54 Å². The average Bonchev–Trinajstić information content (AvgIpc) is 2.83. The predicted octanol–water partition coefficient (Wildman–Crippen LogP) is 4.73. The molecular formula is C17H29NOS. The van der Waals surface area contributed by atoms with Crippen LogP contribution in [0, 0.1) is 5.92 Å². The van der Waals surface area contributed by atoms with Crippen molar-refractivity contribution >= 4 is 11.3 Å². The van der Waals surface area contributed by atoms with Gasteiger partial charge in [-0.25, -0.2) is 0 Å². The number of ether oxygens (including phenoxy) is 1. The minimum atomic E-state index is 0.179. The molecular weight excluding hydrogens is 266 g/mol. The number of thiophene rings is 1. The highest BCUT2D eigenvalue weighted by atomic mass is 32.1. The molecule has 1 fully saturated rings. The van der Waals surface area contributed by atoms with Gasteiger partial charge in [0.2, 0.25) is 0 Å². The van der Waals surface area contributed by atoms with E-state index in [1.807, 2.05) is 11.3 Å². The van der Waals surface area contributed by atoms with Crippen molar-refractivity contribution in [1.29, 1.82) is 0 Å². The van der Waals surface area contributed by atoms with Gasteiger partial charge in [0, 0.05) is 21.8 Å². The van der Waals surface area contributed by atoms with E-state index in [4.69, 9.17) is 4.74 Å². The lowest BCUT2D eigenvalue weighted by Gasteiger charge is -2.28. The van der Waals surface area contributed by atoms with Crippen molar-refractivity contribution in [2.45, 2.75) is 78.2 Å². The van der Waals surface area contributed by atoms with Crippen LogP contribution in [0.2, 0.25) is 0 Å². The summed E-state index contributed by atoms with van der Waals surface area (Å²) >= 11 is 1.88. The molecule has 1 aliphatic carbocycles. The first-order valence-corrected chi connectivity index (χ1v) is 8.70. The number of hydrogen-bond acceptors (Lipinski definition) is 3. The molecule has 1 aromatic heterocycles. The largest absolute Gasteiger partial charge is 0.372 e. The van der Waals surface area contributed by atoms with E-state index in [0.717, 1.165) is 19.1 Å². The lowest BCUT2D eigenvalue weighted by atomic mass is 9.88. The molecule has 3 heteroatoms. The van der Waals surface area contributed by atoms with Gasteiger partial charge in [-0.2, -0.15) is 0 Å². The van der Waals surface area contributed by atoms with Gasteiger partial charge in [-0.15, -0.1) is 11.3 Å². The van der Waals surface area contributed by atoms with Gasteiger partial charge in [-0.3, -0.25) is 0 Å². The molecule has 0 radical (unpaired) electrons. The molecule has 0 amide bonds. The summed E-state index contributed by atoms with van der Waals surface area (Å²) in [6.45, 7) is 10.7. The summed E-state index contributed by atoms with van der Waals surface area (Å²) in [6, 6.07) is 4.45. The molecule has 1 N–H and O–H groups in total. The van der Waals surface area contributed by atoms with E-state index in [0.29, 0.717) is 6.10 Å². The molecule has 0 aromatic carbocycles. The highest BCUT2D eigenvalue weighted by Gasteiger charge is 2.21. The minimum absolute atomic E-state index is 0.179. The Morgan fingerprint density at radius 1 is 1.20 bits per heavy atom. The summed E-state index contributed by atoms with van der Waals surface area (Å²) in [6.07, 6.45) is 5.76. The first-order valence-electron chi connectivity index (χ1n) is 7.88. The maximum absolute atomic E-state index is 6.13. The van der Waals surface area contributed by atoms with E-state index < -0.39 is 0 Å². The van der Waals surface area contributed by atoms with Gasteiger partial charge < -0.3 is 10.1 Å². The Morgan fingerprint density at radius 2 is 1.90 bits per heavy atom. The molecule has 2 nitrogen and oxygen atoms in total. The zero-order chi connectivity index (χ0) is 14.6. The van der Waals surface area contributed by atoms with Crippen LogP contribution in [0.25, 0.3) is 0 Å². The normalized spacial score (nSPS) is 24.0. The van der Waals surface area contributed by atoms with Crippen molar-refractivity contribution in [3.63, 3.8) is 0 Å². The Hall–Kier alpha value is -0.380. The fourth-order valence-electron chi connectivity index (χ4n) is 2.67. The number of nitrogens with one attached hydrogen (secondary N) is 1. The van der Waals surface area contributed by atoms with Crippen molar-refractivity contribution < 1.29 is 4.74 Å². The molecule has 1 aliphatic rings. The van der Waals surface area contributed by atoms with Gasteiger partial charge in [-0.05, 0) is 51.7 Å². The van der Waals surface area contributed by atoms with Crippen LogP contribution in [0.1, 0.15) is 63.1 Å². The average molecular weight is 295 g/mol. The van der Waals surface area contributed by atoms with Gasteiger partial charge in [0.15, 0.2) is 0 Å². The first kappa shape index (κ1) is 16.0. The molecule has 0 saturated heterocycles. The summed E-state index contributed by atoms with van der Waals surface area (Å²) in [5, 5.41) is 3.53.